The molecular weight excluding hydrogens is 543 g/mol. The molecule has 2 aromatic heterocycles. The Morgan fingerprint density at radius 1 is 0.561 bits per heavy atom. The van der Waals surface area contributed by atoms with Crippen LogP contribution in [0.5, 0.6) is 0 Å². The first kappa shape index (κ1) is 24.3. The number of nitriles is 2. The average molecular weight is 558 g/mol. The van der Waals surface area contributed by atoms with Gasteiger partial charge >= 0.3 is 0 Å². The van der Waals surface area contributed by atoms with E-state index in [1.165, 1.54) is 0 Å². The Labute approximate surface area is 243 Å². The number of rotatable bonds is 3. The van der Waals surface area contributed by atoms with Crippen LogP contribution in [0, 0.1) is 35.8 Å². The van der Waals surface area contributed by atoms with E-state index in [9.17, 15) is 10.5 Å². The van der Waals surface area contributed by atoms with Gasteiger partial charge in [-0.3, -0.25) is 0 Å². The largest absolute Gasteiger partial charge is 0.312 e. The Morgan fingerprint density at radius 2 is 1.10 bits per heavy atom. The lowest BCUT2D eigenvalue weighted by Crippen LogP contribution is -2.09. The van der Waals surface area contributed by atoms with E-state index >= 15 is 0 Å². The van der Waals surface area contributed by atoms with Gasteiger partial charge in [-0.05, 0) is 60.0 Å². The Morgan fingerprint density at radius 3 is 1.68 bits per heavy atom. The Kier molecular flexibility index (Phi) is 5.64. The van der Waals surface area contributed by atoms with Crippen LogP contribution in [-0.2, 0) is 0 Å². The third kappa shape index (κ3) is 3.94. The van der Waals surface area contributed by atoms with Gasteiger partial charge in [-0.25, -0.2) is 9.69 Å². The Balaban J connectivity index is 1.45. The van der Waals surface area contributed by atoms with Crippen molar-refractivity contribution >= 4 is 91.5 Å². The lowest BCUT2D eigenvalue weighted by molar-refractivity contribution is 1.30. The molecule has 0 unspecified atom stereocenters. The molecule has 0 aliphatic rings. The van der Waals surface area contributed by atoms with Gasteiger partial charge in [0.1, 0.15) is 0 Å². The quantitative estimate of drug-likeness (QED) is 0.203. The zero-order valence-corrected chi connectivity index (χ0v) is 22.8. The fraction of sp³-hybridized carbons (Fsp3) is 0. The van der Waals surface area contributed by atoms with Crippen LogP contribution in [0.15, 0.2) is 91.0 Å². The average Bonchev–Trinajstić information content (AvgIpc) is 3.57. The number of nitrogens with zero attached hydrogens (tertiary/aromatic N) is 5. The molecule has 0 radical (unpaired) electrons. The second kappa shape index (κ2) is 9.49. The van der Waals surface area contributed by atoms with E-state index in [1.54, 1.807) is 34.8 Å². The van der Waals surface area contributed by atoms with Crippen molar-refractivity contribution in [1.29, 1.82) is 10.5 Å². The zero-order chi connectivity index (χ0) is 28.1. The van der Waals surface area contributed by atoms with Crippen molar-refractivity contribution in [1.82, 2.24) is 0 Å². The van der Waals surface area contributed by atoms with Crippen molar-refractivity contribution < 1.29 is 0 Å². The molecule has 5 nitrogen and oxygen atoms in total. The SMILES string of the molecule is [C-]#[N+]c1ccc2c(c1)sc1cc(N(c3ccc(C#N)c([N+]#[C-])c3)c3ccc4c(c3)sc3cc(C#N)ccc34)ccc12. The van der Waals surface area contributed by atoms with Crippen LogP contribution < -0.4 is 4.90 Å². The molecule has 7 heteroatoms. The van der Waals surface area contributed by atoms with Crippen molar-refractivity contribution in [2.75, 3.05) is 4.90 Å². The van der Waals surface area contributed by atoms with Crippen molar-refractivity contribution in [3.8, 4) is 12.1 Å². The molecule has 188 valence electrons. The Bertz CT molecular complexity index is 2250. The summed E-state index contributed by atoms with van der Waals surface area (Å²) in [6, 6.07) is 33.9. The van der Waals surface area contributed by atoms with E-state index < -0.39 is 0 Å². The molecule has 0 aliphatic heterocycles. The maximum atomic E-state index is 9.52. The van der Waals surface area contributed by atoms with E-state index in [0.29, 0.717) is 22.5 Å². The van der Waals surface area contributed by atoms with Crippen LogP contribution in [0.25, 0.3) is 50.0 Å². The van der Waals surface area contributed by atoms with E-state index in [1.807, 2.05) is 42.5 Å². The lowest BCUT2D eigenvalue weighted by Gasteiger charge is -2.26. The third-order valence-electron chi connectivity index (χ3n) is 7.15. The number of fused-ring (bicyclic) bond motifs is 6. The zero-order valence-electron chi connectivity index (χ0n) is 21.2. The molecule has 0 fully saturated rings. The topological polar surface area (TPSA) is 59.5 Å². The van der Waals surface area contributed by atoms with Gasteiger partial charge in [0, 0.05) is 52.0 Å². The van der Waals surface area contributed by atoms with Gasteiger partial charge in [0.25, 0.3) is 0 Å². The van der Waals surface area contributed by atoms with Crippen molar-refractivity contribution in [2.45, 2.75) is 0 Å². The monoisotopic (exact) mass is 557 g/mol. The van der Waals surface area contributed by atoms with Crippen LogP contribution in [0.3, 0.4) is 0 Å². The van der Waals surface area contributed by atoms with Crippen LogP contribution in [0.4, 0.5) is 28.4 Å². The minimum absolute atomic E-state index is 0.302. The second-order valence-electron chi connectivity index (χ2n) is 9.44. The van der Waals surface area contributed by atoms with Gasteiger partial charge in [-0.2, -0.15) is 10.5 Å². The molecule has 0 amide bonds. The maximum Gasteiger partial charge on any atom is 0.206 e. The molecule has 7 aromatic rings. The van der Waals surface area contributed by atoms with Gasteiger partial charge in [0.05, 0.1) is 36.4 Å². The fourth-order valence-corrected chi connectivity index (χ4v) is 7.58. The van der Waals surface area contributed by atoms with Gasteiger partial charge in [-0.15, -0.1) is 22.7 Å². The molecule has 5 aromatic carbocycles. The third-order valence-corrected chi connectivity index (χ3v) is 9.38. The molecular formula is C34H15N5S2. The molecule has 7 rings (SSSR count). The molecule has 0 saturated carbocycles. The molecule has 0 aliphatic carbocycles. The maximum absolute atomic E-state index is 9.52. The first-order valence-electron chi connectivity index (χ1n) is 12.5. The lowest BCUT2D eigenvalue weighted by atomic mass is 10.1. The molecule has 0 saturated heterocycles. The summed E-state index contributed by atoms with van der Waals surface area (Å²) in [6.07, 6.45) is 0. The normalized spacial score (nSPS) is 10.8. The highest BCUT2D eigenvalue weighted by Gasteiger charge is 2.18. The van der Waals surface area contributed by atoms with Crippen LogP contribution in [0.1, 0.15) is 11.1 Å². The van der Waals surface area contributed by atoms with Gasteiger partial charge < -0.3 is 4.90 Å². The van der Waals surface area contributed by atoms with E-state index in [0.717, 1.165) is 57.4 Å². The molecule has 0 atom stereocenters. The number of hydrogen-bond acceptors (Lipinski definition) is 5. The predicted octanol–water partition coefficient (Wildman–Crippen LogP) is 10.7. The molecule has 41 heavy (non-hydrogen) atoms. The summed E-state index contributed by atoms with van der Waals surface area (Å²) in [5.41, 5.74) is 4.51. The summed E-state index contributed by atoms with van der Waals surface area (Å²) in [7, 11) is 0. The smallest absolute Gasteiger partial charge is 0.206 e. The number of hydrogen-bond donors (Lipinski definition) is 0. The van der Waals surface area contributed by atoms with Crippen LogP contribution in [-0.4, -0.2) is 0 Å². The van der Waals surface area contributed by atoms with Gasteiger partial charge in [0.15, 0.2) is 5.69 Å². The van der Waals surface area contributed by atoms with E-state index in [2.05, 4.69) is 63.1 Å². The number of anilines is 3. The fourth-order valence-electron chi connectivity index (χ4n) is 5.23. The van der Waals surface area contributed by atoms with Gasteiger partial charge in [-0.1, -0.05) is 36.4 Å². The first-order valence-corrected chi connectivity index (χ1v) is 14.2. The van der Waals surface area contributed by atoms with Crippen LogP contribution >= 0.6 is 22.7 Å². The molecule has 0 N–H and O–H groups in total. The first-order chi connectivity index (χ1) is 20.1. The van der Waals surface area contributed by atoms with Crippen LogP contribution in [0.2, 0.25) is 0 Å². The van der Waals surface area contributed by atoms with E-state index in [-0.39, 0.29) is 0 Å². The van der Waals surface area contributed by atoms with E-state index in [4.69, 9.17) is 13.1 Å². The second-order valence-corrected chi connectivity index (χ2v) is 11.6. The highest BCUT2D eigenvalue weighted by atomic mass is 32.1. The summed E-state index contributed by atoms with van der Waals surface area (Å²) in [6.45, 7) is 15.0. The Hall–Kier alpha value is -5.70. The van der Waals surface area contributed by atoms with Crippen molar-refractivity contribution in [3.05, 3.63) is 125 Å². The summed E-state index contributed by atoms with van der Waals surface area (Å²) in [5, 5.41) is 23.4. The van der Waals surface area contributed by atoms with Crippen molar-refractivity contribution in [3.63, 3.8) is 0 Å². The highest BCUT2D eigenvalue weighted by molar-refractivity contribution is 7.26. The minimum atomic E-state index is 0.302. The highest BCUT2D eigenvalue weighted by Crippen LogP contribution is 2.44. The standard InChI is InChI=1S/C34H15N5S2/c1-37-22-5-10-27-29-12-8-25(17-34(29)41-32(27)14-22)39(23-6-4-21(19-36)30(15-23)38-2)24-7-11-28-26-9-3-20(18-35)13-31(26)40-33(28)16-24/h3-17H. The summed E-state index contributed by atoms with van der Waals surface area (Å²) in [5.74, 6) is 0. The number of benzene rings is 5. The molecule has 0 bridgehead atoms. The van der Waals surface area contributed by atoms with Gasteiger partial charge in [0.2, 0.25) is 5.69 Å². The minimum Gasteiger partial charge on any atom is -0.312 e. The summed E-state index contributed by atoms with van der Waals surface area (Å²) in [4.78, 5) is 9.31. The summed E-state index contributed by atoms with van der Waals surface area (Å²) >= 11 is 3.29. The number of thiophene rings is 2. The summed E-state index contributed by atoms with van der Waals surface area (Å²) < 4.78 is 4.30. The predicted molar refractivity (Wildman–Crippen MR) is 169 cm³/mol. The van der Waals surface area contributed by atoms with Crippen molar-refractivity contribution in [2.24, 2.45) is 0 Å². The molecule has 0 spiro atoms. The molecule has 2 heterocycles.